The van der Waals surface area contributed by atoms with Crippen LogP contribution < -0.4 is 0 Å². The summed E-state index contributed by atoms with van der Waals surface area (Å²) in [5.41, 5.74) is 10.3. The Labute approximate surface area is 209 Å². The van der Waals surface area contributed by atoms with Crippen molar-refractivity contribution in [3.8, 4) is 0 Å². The Kier molecular flexibility index (Phi) is 8.87. The quantitative estimate of drug-likeness (QED) is 0.214. The van der Waals surface area contributed by atoms with E-state index in [1.165, 1.54) is 16.7 Å². The monoisotopic (exact) mass is 520 g/mol. The number of aromatic nitrogens is 2. The van der Waals surface area contributed by atoms with Crippen LogP contribution in [0, 0.1) is 20.8 Å². The van der Waals surface area contributed by atoms with Gasteiger partial charge in [-0.25, -0.2) is 4.99 Å². The number of fused-ring (bicyclic) bond motifs is 1. The van der Waals surface area contributed by atoms with Gasteiger partial charge in [0.1, 0.15) is 0 Å². The van der Waals surface area contributed by atoms with Gasteiger partial charge in [-0.3, -0.25) is 9.98 Å². The molecule has 2 aromatic heterocycles. The van der Waals surface area contributed by atoms with Crippen molar-refractivity contribution in [1.29, 1.82) is 0 Å². The van der Waals surface area contributed by atoms with Crippen molar-refractivity contribution in [1.82, 2.24) is 9.97 Å². The van der Waals surface area contributed by atoms with Crippen LogP contribution in [-0.4, -0.2) is 21.4 Å². The van der Waals surface area contributed by atoms with Gasteiger partial charge in [-0.1, -0.05) is 35.9 Å². The van der Waals surface area contributed by atoms with E-state index in [2.05, 4.69) is 67.1 Å². The molecule has 0 aliphatic rings. The van der Waals surface area contributed by atoms with Crippen LogP contribution in [0.4, 0.5) is 11.4 Å². The molecule has 0 aliphatic heterocycles. The van der Waals surface area contributed by atoms with E-state index in [4.69, 9.17) is 30.2 Å². The SMILES string of the molecule is CC(=Nc1c(C)cc(C)cc1C)c1ccc(C(C)=Nc2cccc3cccnc23)[nH]1.[Cl][Fe][Cl]. The van der Waals surface area contributed by atoms with Gasteiger partial charge >= 0.3 is 33.3 Å². The molecular weight excluding hydrogens is 495 g/mol. The van der Waals surface area contributed by atoms with Gasteiger partial charge in [0.2, 0.25) is 0 Å². The Bertz CT molecular complexity index is 1300. The molecule has 4 rings (SSSR count). The average molecular weight is 521 g/mol. The van der Waals surface area contributed by atoms with Gasteiger partial charge in [-0.05, 0) is 70.0 Å². The Morgan fingerprint density at radius 2 is 1.42 bits per heavy atom. The van der Waals surface area contributed by atoms with Crippen LogP contribution in [0.25, 0.3) is 10.9 Å². The third-order valence-corrected chi connectivity index (χ3v) is 5.28. The number of nitrogens with one attached hydrogen (secondary N) is 1. The minimum absolute atomic E-state index is 0.194. The summed E-state index contributed by atoms with van der Waals surface area (Å²) in [6.45, 7) is 10.4. The fraction of sp³-hybridized carbons (Fsp3) is 0.192. The zero-order valence-corrected chi connectivity index (χ0v) is 21.8. The molecule has 4 aromatic rings. The van der Waals surface area contributed by atoms with E-state index in [0.29, 0.717) is 0 Å². The number of aromatic amines is 1. The predicted molar refractivity (Wildman–Crippen MR) is 139 cm³/mol. The Balaban J connectivity index is 0.000000968. The molecule has 4 nitrogen and oxygen atoms in total. The number of H-pyrrole nitrogens is 1. The molecule has 0 unspecified atom stereocenters. The zero-order valence-electron chi connectivity index (χ0n) is 19.2. The second-order valence-electron chi connectivity index (χ2n) is 7.83. The van der Waals surface area contributed by atoms with Crippen molar-refractivity contribution in [2.75, 3.05) is 0 Å². The normalized spacial score (nSPS) is 12.1. The van der Waals surface area contributed by atoms with E-state index >= 15 is 0 Å². The summed E-state index contributed by atoms with van der Waals surface area (Å²) in [7, 11) is 9.53. The van der Waals surface area contributed by atoms with Crippen molar-refractivity contribution >= 4 is 53.9 Å². The third-order valence-electron chi connectivity index (χ3n) is 5.28. The number of halogens is 2. The van der Waals surface area contributed by atoms with E-state index in [1.54, 1.807) is 6.20 Å². The van der Waals surface area contributed by atoms with E-state index in [9.17, 15) is 0 Å². The minimum atomic E-state index is 0.194. The van der Waals surface area contributed by atoms with Gasteiger partial charge in [-0.15, -0.1) is 0 Å². The maximum atomic E-state index is 4.90. The molecule has 7 heteroatoms. The molecular formula is C26H26Cl2FeN4. The van der Waals surface area contributed by atoms with Crippen LogP contribution in [0.15, 0.2) is 70.8 Å². The number of aliphatic imine (C=N–C) groups is 2. The summed E-state index contributed by atoms with van der Waals surface area (Å²) in [4.78, 5) is 17.7. The number of aryl methyl sites for hydroxylation is 3. The Hall–Kier alpha value is -2.43. The van der Waals surface area contributed by atoms with Crippen LogP contribution >= 0.6 is 20.2 Å². The zero-order chi connectivity index (χ0) is 24.0. The molecule has 0 atom stereocenters. The van der Waals surface area contributed by atoms with Gasteiger partial charge < -0.3 is 4.98 Å². The number of hydrogen-bond donors (Lipinski definition) is 1. The number of hydrogen-bond acceptors (Lipinski definition) is 3. The third kappa shape index (κ3) is 6.33. The number of para-hydroxylation sites is 1. The molecule has 1 N–H and O–H groups in total. The molecule has 2 aromatic carbocycles. The van der Waals surface area contributed by atoms with Crippen molar-refractivity contribution < 1.29 is 13.1 Å². The van der Waals surface area contributed by atoms with Gasteiger partial charge in [0.15, 0.2) is 0 Å². The molecule has 0 aliphatic carbocycles. The summed E-state index contributed by atoms with van der Waals surface area (Å²) in [5, 5.41) is 1.09. The maximum absolute atomic E-state index is 4.90. The molecule has 2 heterocycles. The fourth-order valence-corrected chi connectivity index (χ4v) is 3.81. The molecule has 0 saturated heterocycles. The molecule has 0 radical (unpaired) electrons. The predicted octanol–water partition coefficient (Wildman–Crippen LogP) is 8.15. The Morgan fingerprint density at radius 1 is 0.848 bits per heavy atom. The second kappa shape index (κ2) is 11.6. The summed E-state index contributed by atoms with van der Waals surface area (Å²) < 4.78 is 0. The summed E-state index contributed by atoms with van der Waals surface area (Å²) in [6, 6.07) is 18.5. The van der Waals surface area contributed by atoms with Crippen molar-refractivity contribution in [2.45, 2.75) is 34.6 Å². The molecule has 0 bridgehead atoms. The van der Waals surface area contributed by atoms with Gasteiger partial charge in [-0.2, -0.15) is 0 Å². The van der Waals surface area contributed by atoms with Gasteiger partial charge in [0.25, 0.3) is 0 Å². The fourth-order valence-electron chi connectivity index (χ4n) is 3.81. The molecule has 0 amide bonds. The number of pyridine rings is 1. The van der Waals surface area contributed by atoms with E-state index in [-0.39, 0.29) is 13.1 Å². The number of rotatable bonds is 4. The summed E-state index contributed by atoms with van der Waals surface area (Å²) in [6.07, 6.45) is 1.80. The molecule has 172 valence electrons. The van der Waals surface area contributed by atoms with Crippen LogP contribution in [-0.2, 0) is 13.1 Å². The molecule has 0 fully saturated rings. The molecule has 0 saturated carbocycles. The van der Waals surface area contributed by atoms with Crippen LogP contribution in [0.5, 0.6) is 0 Å². The van der Waals surface area contributed by atoms with E-state index in [0.717, 1.165) is 45.1 Å². The number of benzene rings is 2. The van der Waals surface area contributed by atoms with Crippen molar-refractivity contribution in [3.05, 3.63) is 88.9 Å². The molecule has 0 spiro atoms. The second-order valence-corrected chi connectivity index (χ2v) is 9.65. The first-order chi connectivity index (χ1) is 15.8. The van der Waals surface area contributed by atoms with E-state index in [1.807, 2.05) is 32.0 Å². The average Bonchev–Trinajstić information content (AvgIpc) is 3.28. The van der Waals surface area contributed by atoms with Crippen molar-refractivity contribution in [2.24, 2.45) is 9.98 Å². The first kappa shape index (κ1) is 25.2. The first-order valence-corrected chi connectivity index (χ1v) is 13.4. The van der Waals surface area contributed by atoms with E-state index < -0.39 is 0 Å². The standard InChI is InChI=1S/C26H26N4.2ClH.Fe/c1-16-14-17(2)25(18(3)15-16)29-20(5)23-12-11-22(30-23)19(4)28-24-10-6-8-21-9-7-13-27-26(21)24;;;/h6-15,30H,1-5H3;2*1H;/q;;;+2/p-2. The topological polar surface area (TPSA) is 53.4 Å². The first-order valence-electron chi connectivity index (χ1n) is 10.4. The van der Waals surface area contributed by atoms with Gasteiger partial charge in [0.05, 0.1) is 39.7 Å². The molecule has 33 heavy (non-hydrogen) atoms. The number of nitrogens with zero attached hydrogens (tertiary/aromatic N) is 3. The van der Waals surface area contributed by atoms with Crippen LogP contribution in [0.3, 0.4) is 0 Å². The van der Waals surface area contributed by atoms with Gasteiger partial charge in [0, 0.05) is 11.6 Å². The van der Waals surface area contributed by atoms with Crippen molar-refractivity contribution in [3.63, 3.8) is 0 Å². The van der Waals surface area contributed by atoms with Crippen LogP contribution in [0.1, 0.15) is 41.9 Å². The van der Waals surface area contributed by atoms with Crippen LogP contribution in [0.2, 0.25) is 0 Å². The Morgan fingerprint density at radius 3 is 2.06 bits per heavy atom. The summed E-state index contributed by atoms with van der Waals surface area (Å²) >= 11 is 0.194. The summed E-state index contributed by atoms with van der Waals surface area (Å²) in [5.74, 6) is 0.